The predicted octanol–water partition coefficient (Wildman–Crippen LogP) is 0.815. The molecule has 2 rings (SSSR count). The normalized spacial score (nSPS) is 11.5. The Hall–Kier alpha value is -2.90. The zero-order valence-corrected chi connectivity index (χ0v) is 12.0. The molecule has 1 heterocycles. The van der Waals surface area contributed by atoms with E-state index in [9.17, 15) is 9.59 Å². The van der Waals surface area contributed by atoms with E-state index in [2.05, 4.69) is 25.5 Å². The van der Waals surface area contributed by atoms with Gasteiger partial charge in [0.15, 0.2) is 0 Å². The molecule has 0 aliphatic heterocycles. The summed E-state index contributed by atoms with van der Waals surface area (Å²) >= 11 is 0. The average Bonchev–Trinajstić information content (AvgIpc) is 3.06. The van der Waals surface area contributed by atoms with Crippen LogP contribution in [0.1, 0.15) is 11.3 Å². The van der Waals surface area contributed by atoms with Crippen molar-refractivity contribution in [1.82, 2.24) is 20.7 Å². The third kappa shape index (κ3) is 4.58. The van der Waals surface area contributed by atoms with E-state index in [0.717, 1.165) is 5.56 Å². The number of carbonyl (C=O) groups is 2. The molecule has 1 atom stereocenters. The lowest BCUT2D eigenvalue weighted by atomic mass is 10.1. The second-order valence-corrected chi connectivity index (χ2v) is 4.45. The fourth-order valence-corrected chi connectivity index (χ4v) is 1.76. The highest BCUT2D eigenvalue weighted by Crippen LogP contribution is 2.05. The van der Waals surface area contributed by atoms with E-state index < -0.39 is 18.1 Å². The molecular weight excluding hydrogens is 288 g/mol. The Morgan fingerprint density at radius 1 is 1.32 bits per heavy atom. The number of esters is 1. The van der Waals surface area contributed by atoms with E-state index >= 15 is 0 Å². The van der Waals surface area contributed by atoms with Crippen LogP contribution in [0.5, 0.6) is 0 Å². The molecule has 8 heteroatoms. The van der Waals surface area contributed by atoms with E-state index in [1.165, 1.54) is 13.3 Å². The molecule has 22 heavy (non-hydrogen) atoms. The zero-order valence-electron chi connectivity index (χ0n) is 12.0. The molecule has 0 fully saturated rings. The molecule has 116 valence electrons. The third-order valence-corrected chi connectivity index (χ3v) is 2.87. The van der Waals surface area contributed by atoms with Crippen molar-refractivity contribution >= 4 is 12.1 Å². The van der Waals surface area contributed by atoms with Gasteiger partial charge in [0, 0.05) is 12.6 Å². The van der Waals surface area contributed by atoms with Crippen LogP contribution in [0.3, 0.4) is 0 Å². The molecule has 0 bridgehead atoms. The lowest BCUT2D eigenvalue weighted by Gasteiger charge is -2.15. The number of nitrogens with zero attached hydrogens (tertiary/aromatic N) is 2. The first-order valence-corrected chi connectivity index (χ1v) is 6.59. The van der Waals surface area contributed by atoms with Crippen LogP contribution in [0.25, 0.3) is 0 Å². The number of benzene rings is 1. The molecule has 2 aromatic rings. The topological polar surface area (TPSA) is 106 Å². The maximum absolute atomic E-state index is 12.1. The predicted molar refractivity (Wildman–Crippen MR) is 75.7 cm³/mol. The van der Waals surface area contributed by atoms with E-state index in [-0.39, 0.29) is 13.0 Å². The van der Waals surface area contributed by atoms with Gasteiger partial charge in [-0.2, -0.15) is 0 Å². The van der Waals surface area contributed by atoms with Crippen LogP contribution in [0.15, 0.2) is 36.5 Å². The number of alkyl carbamates (subject to hydrolysis) is 1. The number of nitrogens with one attached hydrogen (secondary N) is 2. The van der Waals surface area contributed by atoms with Crippen molar-refractivity contribution in [2.24, 2.45) is 0 Å². The molecule has 0 unspecified atom stereocenters. The summed E-state index contributed by atoms with van der Waals surface area (Å²) in [5.41, 5.74) is 1.38. The second kappa shape index (κ2) is 7.77. The Bertz CT molecular complexity index is 601. The number of carbonyl (C=O) groups excluding carboxylic acids is 2. The van der Waals surface area contributed by atoms with E-state index in [0.29, 0.717) is 5.69 Å². The lowest BCUT2D eigenvalue weighted by Crippen LogP contribution is -2.43. The van der Waals surface area contributed by atoms with Crippen molar-refractivity contribution in [1.29, 1.82) is 0 Å². The van der Waals surface area contributed by atoms with Crippen molar-refractivity contribution in [2.75, 3.05) is 7.11 Å². The molecule has 0 saturated heterocycles. The Labute approximate surface area is 126 Å². The summed E-state index contributed by atoms with van der Waals surface area (Å²) in [4.78, 5) is 23.5. The molecule has 8 nitrogen and oxygen atoms in total. The third-order valence-electron chi connectivity index (χ3n) is 2.87. The Balaban J connectivity index is 1.96. The van der Waals surface area contributed by atoms with E-state index in [1.54, 1.807) is 0 Å². The smallest absolute Gasteiger partial charge is 0.407 e. The first kappa shape index (κ1) is 15.5. The lowest BCUT2D eigenvalue weighted by molar-refractivity contribution is -0.147. The number of hydrogen-bond acceptors (Lipinski definition) is 6. The number of rotatable bonds is 6. The highest BCUT2D eigenvalue weighted by Gasteiger charge is 2.24. The number of methoxy groups -OCH3 is 1. The quantitative estimate of drug-likeness (QED) is 0.765. The van der Waals surface area contributed by atoms with E-state index in [1.807, 2.05) is 30.3 Å². The summed E-state index contributed by atoms with van der Waals surface area (Å²) < 4.78 is 9.73. The number of H-pyrrole nitrogens is 1. The Kier molecular flexibility index (Phi) is 5.47. The molecule has 0 aliphatic rings. The van der Waals surface area contributed by atoms with Gasteiger partial charge >= 0.3 is 12.1 Å². The van der Waals surface area contributed by atoms with Gasteiger partial charge in [0.05, 0.1) is 12.8 Å². The van der Waals surface area contributed by atoms with Gasteiger partial charge in [-0.3, -0.25) is 5.10 Å². The minimum absolute atomic E-state index is 0.123. The van der Waals surface area contributed by atoms with Crippen molar-refractivity contribution in [3.63, 3.8) is 0 Å². The van der Waals surface area contributed by atoms with Gasteiger partial charge in [-0.25, -0.2) is 9.59 Å². The van der Waals surface area contributed by atoms with Crippen LogP contribution < -0.4 is 5.32 Å². The minimum atomic E-state index is -0.902. The van der Waals surface area contributed by atoms with Crippen molar-refractivity contribution in [2.45, 2.75) is 19.1 Å². The van der Waals surface area contributed by atoms with Gasteiger partial charge in [-0.15, -0.1) is 5.10 Å². The van der Waals surface area contributed by atoms with Crippen LogP contribution >= 0.6 is 0 Å². The van der Waals surface area contributed by atoms with Crippen LogP contribution in [0.4, 0.5) is 4.79 Å². The van der Waals surface area contributed by atoms with Gasteiger partial charge in [-0.1, -0.05) is 35.5 Å². The van der Waals surface area contributed by atoms with Gasteiger partial charge in [0.2, 0.25) is 0 Å². The summed E-state index contributed by atoms with van der Waals surface area (Å²) in [6, 6.07) is 8.35. The molecule has 0 aliphatic carbocycles. The number of amides is 1. The minimum Gasteiger partial charge on any atom is -0.459 e. The Morgan fingerprint density at radius 3 is 2.73 bits per heavy atom. The van der Waals surface area contributed by atoms with Crippen molar-refractivity contribution < 1.29 is 19.1 Å². The molecule has 0 radical (unpaired) electrons. The molecule has 1 amide bonds. The second-order valence-electron chi connectivity index (χ2n) is 4.45. The molecule has 1 aromatic carbocycles. The van der Waals surface area contributed by atoms with Crippen LogP contribution in [0, 0.1) is 0 Å². The standard InChI is InChI=1S/C14H16N4O4/c1-21-14(20)16-12(7-11-8-15-18-17-11)13(19)22-9-10-5-3-2-4-6-10/h2-6,8,12H,7,9H2,1H3,(H,16,20)(H,15,17,18)/t12-/m0/s1. The molecular formula is C14H16N4O4. The number of hydrogen-bond donors (Lipinski definition) is 2. The number of aromatic nitrogens is 3. The van der Waals surface area contributed by atoms with Gasteiger partial charge in [0.1, 0.15) is 12.6 Å². The van der Waals surface area contributed by atoms with Gasteiger partial charge < -0.3 is 14.8 Å². The molecule has 2 N–H and O–H groups in total. The maximum atomic E-state index is 12.1. The van der Waals surface area contributed by atoms with Crippen molar-refractivity contribution in [3.8, 4) is 0 Å². The number of aromatic amines is 1. The zero-order chi connectivity index (χ0) is 15.8. The summed E-state index contributed by atoms with van der Waals surface area (Å²) in [5.74, 6) is -0.572. The first-order chi connectivity index (χ1) is 10.7. The van der Waals surface area contributed by atoms with Gasteiger partial charge in [0.25, 0.3) is 0 Å². The molecule has 1 aromatic heterocycles. The van der Waals surface area contributed by atoms with E-state index in [4.69, 9.17) is 4.74 Å². The fourth-order valence-electron chi connectivity index (χ4n) is 1.76. The SMILES string of the molecule is COC(=O)N[C@@H](Cc1c[nH]nn1)C(=O)OCc1ccccc1. The largest absolute Gasteiger partial charge is 0.459 e. The average molecular weight is 304 g/mol. The number of ether oxygens (including phenoxy) is 2. The Morgan fingerprint density at radius 2 is 2.09 bits per heavy atom. The summed E-state index contributed by atoms with van der Waals surface area (Å²) in [5, 5.41) is 12.3. The van der Waals surface area contributed by atoms with Crippen LogP contribution in [-0.2, 0) is 27.3 Å². The summed E-state index contributed by atoms with van der Waals surface area (Å²) in [6.07, 6.45) is 0.973. The highest BCUT2D eigenvalue weighted by atomic mass is 16.5. The van der Waals surface area contributed by atoms with Crippen molar-refractivity contribution in [3.05, 3.63) is 47.8 Å². The van der Waals surface area contributed by atoms with Crippen LogP contribution in [-0.4, -0.2) is 40.6 Å². The highest BCUT2D eigenvalue weighted by molar-refractivity contribution is 5.81. The molecule has 0 spiro atoms. The monoisotopic (exact) mass is 304 g/mol. The van der Waals surface area contributed by atoms with Gasteiger partial charge in [-0.05, 0) is 5.56 Å². The summed E-state index contributed by atoms with van der Waals surface area (Å²) in [7, 11) is 1.22. The van der Waals surface area contributed by atoms with Crippen LogP contribution in [0.2, 0.25) is 0 Å². The fraction of sp³-hybridized carbons (Fsp3) is 0.286. The maximum Gasteiger partial charge on any atom is 0.407 e. The summed E-state index contributed by atoms with van der Waals surface area (Å²) in [6.45, 7) is 0.123. The molecule has 0 saturated carbocycles. The first-order valence-electron chi connectivity index (χ1n) is 6.59.